The first kappa shape index (κ1) is 15.9. The molecule has 0 amide bonds. The lowest BCUT2D eigenvalue weighted by molar-refractivity contribution is 0.297. The van der Waals surface area contributed by atoms with Crippen molar-refractivity contribution in [3.05, 3.63) is 42.2 Å². The van der Waals surface area contributed by atoms with Crippen LogP contribution in [0.2, 0.25) is 0 Å². The van der Waals surface area contributed by atoms with Gasteiger partial charge in [-0.2, -0.15) is 5.10 Å². The zero-order valence-corrected chi connectivity index (χ0v) is 13.9. The number of nitrogens with one attached hydrogen (secondary N) is 1. The number of hydrogen-bond acceptors (Lipinski definition) is 4. The third-order valence-electron chi connectivity index (χ3n) is 4.37. The van der Waals surface area contributed by atoms with Crippen LogP contribution in [0, 0.1) is 0 Å². The summed E-state index contributed by atoms with van der Waals surface area (Å²) in [6, 6.07) is 8.49. The predicted molar refractivity (Wildman–Crippen MR) is 93.2 cm³/mol. The predicted octanol–water partition coefficient (Wildman–Crippen LogP) is 2.56. The molecule has 1 saturated heterocycles. The van der Waals surface area contributed by atoms with Crippen molar-refractivity contribution in [2.45, 2.75) is 19.8 Å². The van der Waals surface area contributed by atoms with Gasteiger partial charge in [0.1, 0.15) is 5.75 Å². The fourth-order valence-corrected chi connectivity index (χ4v) is 3.07. The molecule has 0 radical (unpaired) electrons. The van der Waals surface area contributed by atoms with Gasteiger partial charge in [0.2, 0.25) is 0 Å². The lowest BCUT2D eigenvalue weighted by atomic mass is 10.2. The molecule has 3 rings (SSSR count). The van der Waals surface area contributed by atoms with E-state index in [0.717, 1.165) is 38.3 Å². The van der Waals surface area contributed by atoms with Crippen molar-refractivity contribution >= 4 is 5.69 Å². The highest BCUT2D eigenvalue weighted by Crippen LogP contribution is 2.21. The molecule has 0 saturated carbocycles. The summed E-state index contributed by atoms with van der Waals surface area (Å²) in [7, 11) is 0. The van der Waals surface area contributed by atoms with Crippen molar-refractivity contribution in [2.75, 3.05) is 44.2 Å². The molecule has 0 spiro atoms. The van der Waals surface area contributed by atoms with Crippen LogP contribution in [0.3, 0.4) is 0 Å². The zero-order chi connectivity index (χ0) is 15.9. The molecule has 2 heterocycles. The van der Waals surface area contributed by atoms with Gasteiger partial charge in [0.25, 0.3) is 0 Å². The van der Waals surface area contributed by atoms with Crippen molar-refractivity contribution in [1.82, 2.24) is 15.1 Å². The van der Waals surface area contributed by atoms with Gasteiger partial charge < -0.3 is 14.5 Å². The van der Waals surface area contributed by atoms with Crippen molar-refractivity contribution in [2.24, 2.45) is 0 Å². The number of H-pyrrole nitrogens is 1. The second-order valence-corrected chi connectivity index (χ2v) is 5.97. The average molecular weight is 314 g/mol. The third kappa shape index (κ3) is 4.48. The van der Waals surface area contributed by atoms with E-state index in [1.165, 1.54) is 24.2 Å². The summed E-state index contributed by atoms with van der Waals surface area (Å²) in [6.07, 6.45) is 6.19. The van der Waals surface area contributed by atoms with E-state index in [9.17, 15) is 0 Å². The summed E-state index contributed by atoms with van der Waals surface area (Å²) < 4.78 is 5.52. The summed E-state index contributed by atoms with van der Waals surface area (Å²) in [5.74, 6) is 0.952. The van der Waals surface area contributed by atoms with E-state index in [1.54, 1.807) is 0 Å². The van der Waals surface area contributed by atoms with Crippen LogP contribution in [0.1, 0.15) is 18.9 Å². The first-order valence-corrected chi connectivity index (χ1v) is 8.53. The fourth-order valence-electron chi connectivity index (χ4n) is 3.07. The van der Waals surface area contributed by atoms with E-state index in [2.05, 4.69) is 44.3 Å². The largest absolute Gasteiger partial charge is 0.494 e. The van der Waals surface area contributed by atoms with E-state index >= 15 is 0 Å². The molecule has 5 nitrogen and oxygen atoms in total. The molecule has 1 aromatic heterocycles. The lowest BCUT2D eigenvalue weighted by Gasteiger charge is -2.23. The molecule has 0 bridgehead atoms. The Morgan fingerprint density at radius 2 is 2.00 bits per heavy atom. The van der Waals surface area contributed by atoms with Gasteiger partial charge in [-0.3, -0.25) is 5.10 Å². The van der Waals surface area contributed by atoms with Crippen LogP contribution in [0.5, 0.6) is 5.75 Å². The molecule has 0 atom stereocenters. The van der Waals surface area contributed by atoms with Crippen LogP contribution < -0.4 is 9.64 Å². The number of aromatic amines is 1. The summed E-state index contributed by atoms with van der Waals surface area (Å²) >= 11 is 0. The molecule has 1 aliphatic rings. The standard InChI is InChI=1S/C18H26N4O/c1-2-23-18-6-4-17(5-7-18)22-10-3-9-21(12-13-22)11-8-16-14-19-20-15-16/h4-7,14-15H,2-3,8-13H2,1H3,(H,19,20). The van der Waals surface area contributed by atoms with Crippen LogP contribution in [-0.2, 0) is 6.42 Å². The van der Waals surface area contributed by atoms with Crippen LogP contribution in [0.15, 0.2) is 36.7 Å². The molecule has 23 heavy (non-hydrogen) atoms. The quantitative estimate of drug-likeness (QED) is 0.890. The van der Waals surface area contributed by atoms with Gasteiger partial charge in [-0.25, -0.2) is 0 Å². The van der Waals surface area contributed by atoms with Gasteiger partial charge in [0.05, 0.1) is 12.8 Å². The van der Waals surface area contributed by atoms with E-state index in [-0.39, 0.29) is 0 Å². The Bertz CT molecular complexity index is 567. The van der Waals surface area contributed by atoms with E-state index in [0.29, 0.717) is 6.61 Å². The third-order valence-corrected chi connectivity index (χ3v) is 4.37. The molecule has 2 aromatic rings. The first-order valence-electron chi connectivity index (χ1n) is 8.53. The van der Waals surface area contributed by atoms with Crippen LogP contribution in [-0.4, -0.2) is 54.4 Å². The minimum atomic E-state index is 0.717. The molecular formula is C18H26N4O. The number of ether oxygens (including phenoxy) is 1. The minimum Gasteiger partial charge on any atom is -0.494 e. The molecule has 0 aliphatic carbocycles. The number of nitrogens with zero attached hydrogens (tertiary/aromatic N) is 3. The first-order chi connectivity index (χ1) is 11.3. The van der Waals surface area contributed by atoms with Gasteiger partial charge in [-0.05, 0) is 56.1 Å². The van der Waals surface area contributed by atoms with Crippen molar-refractivity contribution in [1.29, 1.82) is 0 Å². The highest BCUT2D eigenvalue weighted by molar-refractivity contribution is 5.49. The van der Waals surface area contributed by atoms with Crippen molar-refractivity contribution in [3.8, 4) is 5.75 Å². The molecule has 1 aromatic carbocycles. The van der Waals surface area contributed by atoms with Gasteiger partial charge in [-0.15, -0.1) is 0 Å². The number of anilines is 1. The van der Waals surface area contributed by atoms with Crippen LogP contribution in [0.4, 0.5) is 5.69 Å². The number of aromatic nitrogens is 2. The Balaban J connectivity index is 1.51. The zero-order valence-electron chi connectivity index (χ0n) is 13.9. The average Bonchev–Trinajstić information content (AvgIpc) is 2.99. The molecule has 5 heteroatoms. The van der Waals surface area contributed by atoms with Crippen LogP contribution in [0.25, 0.3) is 0 Å². The maximum Gasteiger partial charge on any atom is 0.119 e. The second kappa shape index (κ2) is 8.02. The lowest BCUT2D eigenvalue weighted by Crippen LogP contribution is -2.32. The molecular weight excluding hydrogens is 288 g/mol. The fraction of sp³-hybridized carbons (Fsp3) is 0.500. The van der Waals surface area contributed by atoms with Gasteiger partial charge >= 0.3 is 0 Å². The highest BCUT2D eigenvalue weighted by atomic mass is 16.5. The van der Waals surface area contributed by atoms with Gasteiger partial charge in [0, 0.05) is 38.1 Å². The second-order valence-electron chi connectivity index (χ2n) is 5.97. The molecule has 1 fully saturated rings. The molecule has 1 aliphatic heterocycles. The topological polar surface area (TPSA) is 44.4 Å². The van der Waals surface area contributed by atoms with Gasteiger partial charge in [0.15, 0.2) is 0 Å². The molecule has 1 N–H and O–H groups in total. The molecule has 124 valence electrons. The Kier molecular flexibility index (Phi) is 5.53. The molecule has 0 unspecified atom stereocenters. The van der Waals surface area contributed by atoms with Crippen molar-refractivity contribution in [3.63, 3.8) is 0 Å². The van der Waals surface area contributed by atoms with E-state index in [1.807, 2.05) is 19.3 Å². The maximum atomic E-state index is 5.52. The summed E-state index contributed by atoms with van der Waals surface area (Å²) in [5.41, 5.74) is 2.59. The summed E-state index contributed by atoms with van der Waals surface area (Å²) in [6.45, 7) is 8.33. The Labute approximate surface area is 138 Å². The van der Waals surface area contributed by atoms with Crippen LogP contribution >= 0.6 is 0 Å². The Hall–Kier alpha value is -2.01. The van der Waals surface area contributed by atoms with E-state index < -0.39 is 0 Å². The smallest absolute Gasteiger partial charge is 0.119 e. The highest BCUT2D eigenvalue weighted by Gasteiger charge is 2.15. The van der Waals surface area contributed by atoms with Gasteiger partial charge in [-0.1, -0.05) is 0 Å². The number of benzene rings is 1. The van der Waals surface area contributed by atoms with Crippen molar-refractivity contribution < 1.29 is 4.74 Å². The number of hydrogen-bond donors (Lipinski definition) is 1. The summed E-state index contributed by atoms with van der Waals surface area (Å²) in [4.78, 5) is 5.04. The summed E-state index contributed by atoms with van der Waals surface area (Å²) in [5, 5.41) is 6.90. The Morgan fingerprint density at radius 1 is 1.13 bits per heavy atom. The normalized spacial score (nSPS) is 16.3. The number of rotatable bonds is 6. The maximum absolute atomic E-state index is 5.52. The van der Waals surface area contributed by atoms with E-state index in [4.69, 9.17) is 4.74 Å². The monoisotopic (exact) mass is 314 g/mol. The SMILES string of the molecule is CCOc1ccc(N2CCCN(CCc3cn[nH]c3)CC2)cc1. The Morgan fingerprint density at radius 3 is 2.74 bits per heavy atom. The minimum absolute atomic E-state index is 0.717.